The third-order valence-electron chi connectivity index (χ3n) is 4.76. The summed E-state index contributed by atoms with van der Waals surface area (Å²) in [7, 11) is 0. The van der Waals surface area contributed by atoms with E-state index in [2.05, 4.69) is 45.5 Å². The molecule has 132 valence electrons. The average molecular weight is 339 g/mol. The smallest absolute Gasteiger partial charge is 0.335 e. The summed E-state index contributed by atoms with van der Waals surface area (Å²) in [5, 5.41) is 12.4. The highest BCUT2D eigenvalue weighted by molar-refractivity contribution is 5.87. The first-order valence-electron chi connectivity index (χ1n) is 8.86. The van der Waals surface area contributed by atoms with Gasteiger partial charge in [-0.3, -0.25) is 9.88 Å². The third-order valence-corrected chi connectivity index (χ3v) is 4.76. The molecule has 5 heteroatoms. The Kier molecular flexibility index (Phi) is 6.14. The minimum Gasteiger partial charge on any atom is -0.478 e. The predicted octanol–water partition coefficient (Wildman–Crippen LogP) is 2.78. The fraction of sp³-hybridized carbons (Fsp3) is 0.400. The number of pyridine rings is 1. The lowest BCUT2D eigenvalue weighted by molar-refractivity contribution is 0.0696. The second-order valence-electron chi connectivity index (χ2n) is 6.68. The summed E-state index contributed by atoms with van der Waals surface area (Å²) < 4.78 is 0. The number of carbonyl (C=O) groups is 1. The largest absolute Gasteiger partial charge is 0.478 e. The molecule has 0 spiro atoms. The molecule has 0 bridgehead atoms. The van der Waals surface area contributed by atoms with Gasteiger partial charge in [-0.05, 0) is 56.1 Å². The van der Waals surface area contributed by atoms with Crippen LogP contribution in [0.1, 0.15) is 34.5 Å². The first kappa shape index (κ1) is 17.6. The Hall–Kier alpha value is -2.24. The number of nitrogens with zero attached hydrogens (tertiary/aromatic N) is 2. The van der Waals surface area contributed by atoms with E-state index in [1.54, 1.807) is 12.3 Å². The van der Waals surface area contributed by atoms with Crippen LogP contribution in [0.4, 0.5) is 0 Å². The van der Waals surface area contributed by atoms with Crippen LogP contribution in [-0.4, -0.2) is 40.6 Å². The normalized spacial score (nSPS) is 16.0. The van der Waals surface area contributed by atoms with Crippen LogP contribution in [0.2, 0.25) is 0 Å². The molecule has 2 aromatic rings. The van der Waals surface area contributed by atoms with Crippen molar-refractivity contribution >= 4 is 5.97 Å². The maximum absolute atomic E-state index is 11.0. The topological polar surface area (TPSA) is 65.5 Å². The molecule has 1 aromatic heterocycles. The fourth-order valence-corrected chi connectivity index (χ4v) is 3.30. The molecule has 1 saturated heterocycles. The first-order valence-corrected chi connectivity index (χ1v) is 8.86. The highest BCUT2D eigenvalue weighted by atomic mass is 16.4. The second-order valence-corrected chi connectivity index (χ2v) is 6.68. The van der Waals surface area contributed by atoms with E-state index in [-0.39, 0.29) is 0 Å². The Morgan fingerprint density at radius 3 is 2.68 bits per heavy atom. The van der Waals surface area contributed by atoms with Crippen molar-refractivity contribution in [2.75, 3.05) is 19.6 Å². The number of carboxylic acid groups (broad SMARTS) is 1. The van der Waals surface area contributed by atoms with Crippen LogP contribution in [0.3, 0.4) is 0 Å². The second kappa shape index (κ2) is 8.74. The Labute approximate surface area is 148 Å². The van der Waals surface area contributed by atoms with Crippen LogP contribution in [0.15, 0.2) is 48.7 Å². The van der Waals surface area contributed by atoms with Crippen molar-refractivity contribution < 1.29 is 9.90 Å². The van der Waals surface area contributed by atoms with Gasteiger partial charge in [-0.25, -0.2) is 4.79 Å². The molecule has 0 aliphatic carbocycles. The summed E-state index contributed by atoms with van der Waals surface area (Å²) in [6, 6.07) is 13.8. The highest BCUT2D eigenvalue weighted by Gasteiger charge is 2.18. The maximum atomic E-state index is 11.0. The quantitative estimate of drug-likeness (QED) is 0.812. The van der Waals surface area contributed by atoms with Crippen molar-refractivity contribution in [3.05, 3.63) is 65.5 Å². The first-order chi connectivity index (χ1) is 12.2. The molecule has 1 aliphatic heterocycles. The number of likely N-dealkylation sites (tertiary alicyclic amines) is 1. The Morgan fingerprint density at radius 1 is 1.20 bits per heavy atom. The molecular weight excluding hydrogens is 314 g/mol. The minimum absolute atomic E-state index is 0.293. The van der Waals surface area contributed by atoms with Gasteiger partial charge in [-0.2, -0.15) is 0 Å². The molecule has 0 saturated carbocycles. The van der Waals surface area contributed by atoms with Crippen LogP contribution in [0, 0.1) is 5.92 Å². The van der Waals surface area contributed by atoms with Crippen molar-refractivity contribution in [2.24, 2.45) is 5.92 Å². The van der Waals surface area contributed by atoms with Gasteiger partial charge < -0.3 is 10.4 Å². The van der Waals surface area contributed by atoms with Gasteiger partial charge in [0.05, 0.1) is 11.3 Å². The van der Waals surface area contributed by atoms with Gasteiger partial charge in [0, 0.05) is 19.3 Å². The third kappa shape index (κ3) is 5.37. The molecule has 2 N–H and O–H groups in total. The Balaban J connectivity index is 1.38. The monoisotopic (exact) mass is 339 g/mol. The Morgan fingerprint density at radius 2 is 1.96 bits per heavy atom. The number of carboxylic acids is 1. The van der Waals surface area contributed by atoms with E-state index in [9.17, 15) is 4.79 Å². The summed E-state index contributed by atoms with van der Waals surface area (Å²) >= 11 is 0. The molecule has 3 rings (SSSR count). The summed E-state index contributed by atoms with van der Waals surface area (Å²) in [6.07, 6.45) is 3.95. The molecule has 5 nitrogen and oxygen atoms in total. The van der Waals surface area contributed by atoms with Crippen LogP contribution in [0.5, 0.6) is 0 Å². The van der Waals surface area contributed by atoms with E-state index in [0.29, 0.717) is 18.0 Å². The summed E-state index contributed by atoms with van der Waals surface area (Å²) in [5.41, 5.74) is 2.45. The zero-order chi connectivity index (χ0) is 17.5. The summed E-state index contributed by atoms with van der Waals surface area (Å²) in [6.45, 7) is 4.87. The van der Waals surface area contributed by atoms with E-state index in [4.69, 9.17) is 5.11 Å². The average Bonchev–Trinajstić information content (AvgIpc) is 2.64. The number of benzene rings is 1. The Bertz CT molecular complexity index is 682. The standard InChI is InChI=1S/C20H25N3O2/c24-20(25)18-6-9-22-19(12-18)14-21-13-16-7-10-23(11-8-16)15-17-4-2-1-3-5-17/h1-6,9,12,16,21H,7-8,10-11,13-15H2,(H,24,25). The number of rotatable bonds is 7. The molecular formula is C20H25N3O2. The predicted molar refractivity (Wildman–Crippen MR) is 97.3 cm³/mol. The molecule has 25 heavy (non-hydrogen) atoms. The number of hydrogen-bond acceptors (Lipinski definition) is 4. The number of aromatic carboxylic acids is 1. The SMILES string of the molecule is O=C(O)c1ccnc(CNCC2CCN(Cc3ccccc3)CC2)c1. The van der Waals surface area contributed by atoms with Crippen LogP contribution in [0.25, 0.3) is 0 Å². The lowest BCUT2D eigenvalue weighted by Gasteiger charge is -2.32. The van der Waals surface area contributed by atoms with Crippen LogP contribution >= 0.6 is 0 Å². The van der Waals surface area contributed by atoms with Crippen molar-refractivity contribution in [2.45, 2.75) is 25.9 Å². The molecule has 1 fully saturated rings. The minimum atomic E-state index is -0.908. The molecule has 2 heterocycles. The van der Waals surface area contributed by atoms with Crippen molar-refractivity contribution in [3.63, 3.8) is 0 Å². The van der Waals surface area contributed by atoms with E-state index < -0.39 is 5.97 Å². The molecule has 0 unspecified atom stereocenters. The van der Waals surface area contributed by atoms with Crippen LogP contribution in [-0.2, 0) is 13.1 Å². The highest BCUT2D eigenvalue weighted by Crippen LogP contribution is 2.18. The molecule has 1 aliphatic rings. The fourth-order valence-electron chi connectivity index (χ4n) is 3.30. The van der Waals surface area contributed by atoms with Crippen molar-refractivity contribution in [1.82, 2.24) is 15.2 Å². The van der Waals surface area contributed by atoms with E-state index in [0.717, 1.165) is 31.9 Å². The lowest BCUT2D eigenvalue weighted by Crippen LogP contribution is -2.36. The zero-order valence-corrected chi connectivity index (χ0v) is 14.4. The zero-order valence-electron chi connectivity index (χ0n) is 14.4. The van der Waals surface area contributed by atoms with Gasteiger partial charge in [0.2, 0.25) is 0 Å². The van der Waals surface area contributed by atoms with Gasteiger partial charge in [0.25, 0.3) is 0 Å². The van der Waals surface area contributed by atoms with Gasteiger partial charge in [-0.15, -0.1) is 0 Å². The van der Waals surface area contributed by atoms with Gasteiger partial charge >= 0.3 is 5.97 Å². The summed E-state index contributed by atoms with van der Waals surface area (Å²) in [5.74, 6) is -0.232. The molecule has 0 amide bonds. The maximum Gasteiger partial charge on any atom is 0.335 e. The van der Waals surface area contributed by atoms with Gasteiger partial charge in [-0.1, -0.05) is 30.3 Å². The number of piperidine rings is 1. The number of hydrogen-bond donors (Lipinski definition) is 2. The van der Waals surface area contributed by atoms with Crippen LogP contribution < -0.4 is 5.32 Å². The van der Waals surface area contributed by atoms with Crippen molar-refractivity contribution in [3.8, 4) is 0 Å². The van der Waals surface area contributed by atoms with Gasteiger partial charge in [0.1, 0.15) is 0 Å². The van der Waals surface area contributed by atoms with Crippen molar-refractivity contribution in [1.29, 1.82) is 0 Å². The molecule has 0 radical (unpaired) electrons. The van der Waals surface area contributed by atoms with E-state index in [1.807, 2.05) is 0 Å². The van der Waals surface area contributed by atoms with Gasteiger partial charge in [0.15, 0.2) is 0 Å². The molecule has 1 aromatic carbocycles. The molecule has 0 atom stereocenters. The van der Waals surface area contributed by atoms with E-state index >= 15 is 0 Å². The van der Waals surface area contributed by atoms with E-state index in [1.165, 1.54) is 24.5 Å². The number of nitrogens with one attached hydrogen (secondary N) is 1. The number of aromatic nitrogens is 1. The summed E-state index contributed by atoms with van der Waals surface area (Å²) in [4.78, 5) is 17.7. The lowest BCUT2D eigenvalue weighted by atomic mass is 9.96.